The molecule has 0 atom stereocenters. The summed E-state index contributed by atoms with van der Waals surface area (Å²) in [6.45, 7) is 2.20. The van der Waals surface area contributed by atoms with Gasteiger partial charge in [-0.05, 0) is 24.1 Å². The summed E-state index contributed by atoms with van der Waals surface area (Å²) in [5, 5.41) is 21.4. The molecule has 0 saturated heterocycles. The van der Waals surface area contributed by atoms with Gasteiger partial charge in [-0.2, -0.15) is 5.10 Å². The van der Waals surface area contributed by atoms with Crippen LogP contribution in [0.15, 0.2) is 42.5 Å². The molecule has 3 heterocycles. The minimum Gasteiger partial charge on any atom is -0.476 e. The molecule has 0 bridgehead atoms. The number of anilines is 1. The van der Waals surface area contributed by atoms with E-state index in [1.165, 1.54) is 11.6 Å². The highest BCUT2D eigenvalue weighted by atomic mass is 16.4. The highest BCUT2D eigenvalue weighted by Crippen LogP contribution is 2.15. The van der Waals surface area contributed by atoms with E-state index >= 15 is 0 Å². The number of aromatic nitrogens is 5. The van der Waals surface area contributed by atoms with Crippen LogP contribution >= 0.6 is 0 Å². The van der Waals surface area contributed by atoms with Gasteiger partial charge in [0.1, 0.15) is 5.82 Å². The average Bonchev–Trinajstić information content (AvgIpc) is 2.99. The van der Waals surface area contributed by atoms with Crippen molar-refractivity contribution in [1.29, 1.82) is 0 Å². The number of nitrogens with zero attached hydrogens (tertiary/aromatic N) is 6. The third kappa shape index (κ3) is 3.94. The molecule has 3 aromatic rings. The zero-order valence-electron chi connectivity index (χ0n) is 14.8. The lowest BCUT2D eigenvalue weighted by molar-refractivity contribution is 0.0689. The summed E-state index contributed by atoms with van der Waals surface area (Å²) in [4.78, 5) is 17.7. The number of hydrogen-bond acceptors (Lipinski definition) is 6. The zero-order chi connectivity index (χ0) is 18.6. The Morgan fingerprint density at radius 3 is 2.59 bits per heavy atom. The molecular formula is C19H20N6O2. The Morgan fingerprint density at radius 1 is 1.00 bits per heavy atom. The molecule has 1 aliphatic rings. The lowest BCUT2D eigenvalue weighted by Crippen LogP contribution is -2.28. The smallest absolute Gasteiger partial charge is 0.356 e. The maximum absolute atomic E-state index is 10.9. The predicted molar refractivity (Wildman–Crippen MR) is 98.8 cm³/mol. The number of aryl methyl sites for hydroxylation is 2. The van der Waals surface area contributed by atoms with Gasteiger partial charge in [0.15, 0.2) is 17.3 Å². The van der Waals surface area contributed by atoms with Gasteiger partial charge in [-0.25, -0.2) is 14.5 Å². The number of hydrogen-bond donors (Lipinski definition) is 1. The standard InChI is InChI=1S/C19H20N6O2/c26-19(27)15-7-9-18(22-21-15)24-11-10-17-20-16(23-25(17)13-12-24)8-6-14-4-2-1-3-5-14/h1-5,7,9H,6,8,10-13H2,(H,26,27). The highest BCUT2D eigenvalue weighted by molar-refractivity contribution is 5.85. The maximum Gasteiger partial charge on any atom is 0.356 e. The molecule has 138 valence electrons. The lowest BCUT2D eigenvalue weighted by Gasteiger charge is -2.20. The topological polar surface area (TPSA) is 97.0 Å². The molecule has 27 heavy (non-hydrogen) atoms. The van der Waals surface area contributed by atoms with Gasteiger partial charge < -0.3 is 10.0 Å². The van der Waals surface area contributed by atoms with Gasteiger partial charge in [-0.1, -0.05) is 30.3 Å². The van der Waals surface area contributed by atoms with Crippen molar-refractivity contribution < 1.29 is 9.90 Å². The molecule has 1 aliphatic heterocycles. The van der Waals surface area contributed by atoms with Crippen LogP contribution in [0.1, 0.15) is 27.7 Å². The van der Waals surface area contributed by atoms with Crippen LogP contribution in [0.5, 0.6) is 0 Å². The van der Waals surface area contributed by atoms with Crippen molar-refractivity contribution in [2.24, 2.45) is 0 Å². The summed E-state index contributed by atoms with van der Waals surface area (Å²) >= 11 is 0. The minimum atomic E-state index is -1.07. The van der Waals surface area contributed by atoms with Gasteiger partial charge >= 0.3 is 5.97 Å². The van der Waals surface area contributed by atoms with Crippen LogP contribution in [0.25, 0.3) is 0 Å². The molecule has 1 aromatic carbocycles. The van der Waals surface area contributed by atoms with E-state index < -0.39 is 5.97 Å². The number of aromatic carboxylic acids is 1. The minimum absolute atomic E-state index is 0.0498. The van der Waals surface area contributed by atoms with E-state index in [-0.39, 0.29) is 5.69 Å². The van der Waals surface area contributed by atoms with Crippen molar-refractivity contribution in [2.75, 3.05) is 18.0 Å². The largest absolute Gasteiger partial charge is 0.476 e. The van der Waals surface area contributed by atoms with Crippen molar-refractivity contribution in [3.8, 4) is 0 Å². The van der Waals surface area contributed by atoms with E-state index in [2.05, 4.69) is 32.3 Å². The summed E-state index contributed by atoms with van der Waals surface area (Å²) in [6.07, 6.45) is 2.53. The Bertz CT molecular complexity index is 898. The van der Waals surface area contributed by atoms with Crippen molar-refractivity contribution in [2.45, 2.75) is 25.8 Å². The Balaban J connectivity index is 1.39. The van der Waals surface area contributed by atoms with Gasteiger partial charge in [0.2, 0.25) is 0 Å². The molecule has 1 N–H and O–H groups in total. The summed E-state index contributed by atoms with van der Waals surface area (Å²) in [5.41, 5.74) is 1.24. The van der Waals surface area contributed by atoms with E-state index in [1.807, 2.05) is 22.9 Å². The molecule has 0 fully saturated rings. The monoisotopic (exact) mass is 364 g/mol. The fourth-order valence-corrected chi connectivity index (χ4v) is 3.20. The molecule has 0 radical (unpaired) electrons. The molecule has 2 aromatic heterocycles. The highest BCUT2D eigenvalue weighted by Gasteiger charge is 2.19. The first-order chi connectivity index (χ1) is 13.2. The fraction of sp³-hybridized carbons (Fsp3) is 0.316. The summed E-state index contributed by atoms with van der Waals surface area (Å²) in [6, 6.07) is 13.5. The van der Waals surface area contributed by atoms with Crippen LogP contribution in [-0.4, -0.2) is 49.1 Å². The molecule has 0 unspecified atom stereocenters. The van der Waals surface area contributed by atoms with Crippen LogP contribution < -0.4 is 4.90 Å². The predicted octanol–water partition coefficient (Wildman–Crippen LogP) is 1.61. The van der Waals surface area contributed by atoms with Crippen LogP contribution in [-0.2, 0) is 25.8 Å². The van der Waals surface area contributed by atoms with Crippen LogP contribution in [0.3, 0.4) is 0 Å². The first-order valence-corrected chi connectivity index (χ1v) is 8.97. The molecule has 4 rings (SSSR count). The SMILES string of the molecule is O=C(O)c1ccc(N2CCc3nc(CCc4ccccc4)nn3CC2)nn1. The van der Waals surface area contributed by atoms with Gasteiger partial charge in [0, 0.05) is 25.9 Å². The molecular weight excluding hydrogens is 344 g/mol. The number of fused-ring (bicyclic) bond motifs is 1. The number of carboxylic acid groups (broad SMARTS) is 1. The Morgan fingerprint density at radius 2 is 1.85 bits per heavy atom. The van der Waals surface area contributed by atoms with E-state index in [0.29, 0.717) is 5.82 Å². The maximum atomic E-state index is 10.9. The van der Waals surface area contributed by atoms with E-state index in [4.69, 9.17) is 10.1 Å². The second-order valence-corrected chi connectivity index (χ2v) is 6.47. The second kappa shape index (κ2) is 7.53. The molecule has 0 saturated carbocycles. The number of rotatable bonds is 5. The number of carbonyl (C=O) groups is 1. The van der Waals surface area contributed by atoms with Gasteiger partial charge in [-0.3, -0.25) is 0 Å². The first kappa shape index (κ1) is 17.1. The Kier molecular flexibility index (Phi) is 4.78. The van der Waals surface area contributed by atoms with Crippen LogP contribution in [0, 0.1) is 0 Å². The molecule has 0 aliphatic carbocycles. The van der Waals surface area contributed by atoms with Crippen molar-refractivity contribution in [3.05, 3.63) is 65.4 Å². The van der Waals surface area contributed by atoms with Crippen LogP contribution in [0.2, 0.25) is 0 Å². The van der Waals surface area contributed by atoms with Crippen LogP contribution in [0.4, 0.5) is 5.82 Å². The van der Waals surface area contributed by atoms with Gasteiger partial charge in [0.05, 0.1) is 6.54 Å². The summed E-state index contributed by atoms with van der Waals surface area (Å²) in [7, 11) is 0. The summed E-state index contributed by atoms with van der Waals surface area (Å²) in [5.74, 6) is 1.47. The Hall–Kier alpha value is -3.29. The van der Waals surface area contributed by atoms with Crippen molar-refractivity contribution in [1.82, 2.24) is 25.0 Å². The normalized spacial score (nSPS) is 13.9. The fourth-order valence-electron chi connectivity index (χ4n) is 3.20. The molecule has 0 amide bonds. The lowest BCUT2D eigenvalue weighted by atomic mass is 10.1. The molecule has 8 nitrogen and oxygen atoms in total. The Labute approximate surface area is 156 Å². The van der Waals surface area contributed by atoms with E-state index in [9.17, 15) is 4.79 Å². The number of carboxylic acids is 1. The molecule has 0 spiro atoms. The first-order valence-electron chi connectivity index (χ1n) is 8.97. The van der Waals surface area contributed by atoms with Crippen molar-refractivity contribution in [3.63, 3.8) is 0 Å². The zero-order valence-corrected chi connectivity index (χ0v) is 14.8. The second-order valence-electron chi connectivity index (χ2n) is 6.47. The van der Waals surface area contributed by atoms with Gasteiger partial charge in [0.25, 0.3) is 0 Å². The van der Waals surface area contributed by atoms with Crippen molar-refractivity contribution >= 4 is 11.8 Å². The quantitative estimate of drug-likeness (QED) is 0.734. The third-order valence-corrected chi connectivity index (χ3v) is 4.65. The molecule has 8 heteroatoms. The third-order valence-electron chi connectivity index (χ3n) is 4.65. The summed E-state index contributed by atoms with van der Waals surface area (Å²) < 4.78 is 1.97. The van der Waals surface area contributed by atoms with E-state index in [1.54, 1.807) is 6.07 Å². The average molecular weight is 364 g/mol. The number of benzene rings is 1. The van der Waals surface area contributed by atoms with E-state index in [0.717, 1.165) is 50.5 Å². The van der Waals surface area contributed by atoms with Gasteiger partial charge in [-0.15, -0.1) is 10.2 Å².